The standard InChI is InChI=1S/C30H28ClF4N3O4/c31-21-6-2-5-20(29(11-12-29)30(33,34)35)24(21)27(40)38-23-14-17(37-26(39)15-3-1-4-15)8-10-19(23)25(36)18-9-7-16(28(41)42)13-22(18)32/h2,5-7,9,13,15,17H,1,3-4,8,10-12,14,36H2,(H,37,39)(H,41,42). The molecule has 0 radical (unpaired) electrons. The summed E-state index contributed by atoms with van der Waals surface area (Å²) in [5.74, 6) is -3.45. The highest BCUT2D eigenvalue weighted by Gasteiger charge is 2.65. The van der Waals surface area contributed by atoms with Crippen LogP contribution in [0, 0.1) is 11.7 Å². The number of benzene rings is 2. The molecule has 1 unspecified atom stereocenters. The largest absolute Gasteiger partial charge is 0.478 e. The summed E-state index contributed by atoms with van der Waals surface area (Å²) in [6, 6.07) is 6.67. The molecule has 3 saturated carbocycles. The van der Waals surface area contributed by atoms with Crippen molar-refractivity contribution in [2.75, 3.05) is 0 Å². The van der Waals surface area contributed by atoms with E-state index in [1.807, 2.05) is 0 Å². The first-order valence-corrected chi connectivity index (χ1v) is 14.0. The van der Waals surface area contributed by atoms with Crippen LogP contribution in [-0.2, 0) is 10.2 Å². The molecule has 0 saturated heterocycles. The van der Waals surface area contributed by atoms with E-state index in [1.54, 1.807) is 0 Å². The Bertz CT molecular complexity index is 1530. The number of carboxylic acids is 1. The van der Waals surface area contributed by atoms with Crippen molar-refractivity contribution in [1.29, 1.82) is 0 Å². The van der Waals surface area contributed by atoms with Gasteiger partial charge in [0.15, 0.2) is 0 Å². The number of hydrogen-bond donors (Lipinski definition) is 3. The Morgan fingerprint density at radius 2 is 1.81 bits per heavy atom. The molecule has 0 aliphatic heterocycles. The minimum atomic E-state index is -4.60. The molecule has 222 valence electrons. The third-order valence-electron chi connectivity index (χ3n) is 8.46. The number of carbonyl (C=O) groups is 3. The molecule has 5 rings (SSSR count). The number of nitrogens with two attached hydrogens (primary N) is 1. The molecule has 3 fully saturated rings. The Balaban J connectivity index is 1.56. The molecule has 2 aromatic rings. The van der Waals surface area contributed by atoms with Gasteiger partial charge in [-0.15, -0.1) is 0 Å². The van der Waals surface area contributed by atoms with E-state index in [0.29, 0.717) is 6.42 Å². The van der Waals surface area contributed by atoms with E-state index < -0.39 is 35.3 Å². The Kier molecular flexibility index (Phi) is 7.91. The number of aliphatic imine (C=N–C) groups is 1. The van der Waals surface area contributed by atoms with Gasteiger partial charge in [-0.25, -0.2) is 14.2 Å². The highest BCUT2D eigenvalue weighted by Crippen LogP contribution is 2.60. The molecule has 2 aromatic carbocycles. The third-order valence-corrected chi connectivity index (χ3v) is 8.77. The molecule has 0 spiro atoms. The fraction of sp³-hybridized carbons (Fsp3) is 0.400. The summed E-state index contributed by atoms with van der Waals surface area (Å²) in [7, 11) is 0. The zero-order valence-corrected chi connectivity index (χ0v) is 23.1. The van der Waals surface area contributed by atoms with Crippen molar-refractivity contribution >= 4 is 40.8 Å². The first-order chi connectivity index (χ1) is 19.8. The second-order valence-electron chi connectivity index (χ2n) is 11.1. The Labute approximate surface area is 243 Å². The number of nitrogens with one attached hydrogen (secondary N) is 1. The van der Waals surface area contributed by atoms with Crippen LogP contribution in [-0.4, -0.2) is 40.8 Å². The second kappa shape index (κ2) is 11.2. The van der Waals surface area contributed by atoms with Gasteiger partial charge in [-0.1, -0.05) is 30.2 Å². The molecule has 42 heavy (non-hydrogen) atoms. The molecule has 0 heterocycles. The predicted molar refractivity (Wildman–Crippen MR) is 148 cm³/mol. The van der Waals surface area contributed by atoms with E-state index in [4.69, 9.17) is 17.3 Å². The zero-order valence-electron chi connectivity index (χ0n) is 22.4. The average molecular weight is 606 g/mol. The van der Waals surface area contributed by atoms with Crippen LogP contribution in [0.1, 0.15) is 83.2 Å². The van der Waals surface area contributed by atoms with Gasteiger partial charge in [0.05, 0.1) is 27.3 Å². The third kappa shape index (κ3) is 5.54. The van der Waals surface area contributed by atoms with Crippen molar-refractivity contribution in [3.63, 3.8) is 0 Å². The van der Waals surface area contributed by atoms with Gasteiger partial charge >= 0.3 is 12.1 Å². The monoisotopic (exact) mass is 605 g/mol. The van der Waals surface area contributed by atoms with Gasteiger partial charge in [0.2, 0.25) is 5.91 Å². The van der Waals surface area contributed by atoms with E-state index >= 15 is 0 Å². The lowest BCUT2D eigenvalue weighted by Crippen LogP contribution is -2.44. The lowest BCUT2D eigenvalue weighted by molar-refractivity contribution is -0.160. The van der Waals surface area contributed by atoms with E-state index in [-0.39, 0.29) is 81.8 Å². The van der Waals surface area contributed by atoms with Crippen molar-refractivity contribution in [3.05, 3.63) is 75.1 Å². The fourth-order valence-corrected chi connectivity index (χ4v) is 5.87. The molecule has 4 N–H and O–H groups in total. The normalized spacial score (nSPS) is 22.3. The van der Waals surface area contributed by atoms with Crippen molar-refractivity contribution in [2.45, 2.75) is 69.0 Å². The van der Waals surface area contributed by atoms with Crippen molar-refractivity contribution in [1.82, 2.24) is 5.32 Å². The van der Waals surface area contributed by atoms with E-state index in [0.717, 1.165) is 25.3 Å². The van der Waals surface area contributed by atoms with E-state index in [2.05, 4.69) is 10.3 Å². The molecule has 0 aromatic heterocycles. The zero-order chi connectivity index (χ0) is 30.4. The van der Waals surface area contributed by atoms with Gasteiger partial charge in [-0.3, -0.25) is 9.59 Å². The summed E-state index contributed by atoms with van der Waals surface area (Å²) in [6.45, 7) is 0. The summed E-state index contributed by atoms with van der Waals surface area (Å²) < 4.78 is 57.0. The van der Waals surface area contributed by atoms with Crippen LogP contribution in [0.5, 0.6) is 0 Å². The molecular formula is C30H28ClF4N3O4. The van der Waals surface area contributed by atoms with Crippen LogP contribution in [0.15, 0.2) is 47.0 Å². The molecular weight excluding hydrogens is 578 g/mol. The number of carboxylic acid groups (broad SMARTS) is 1. The summed E-state index contributed by atoms with van der Waals surface area (Å²) in [5, 5.41) is 12.0. The first-order valence-electron chi connectivity index (χ1n) is 13.6. The molecule has 2 amide bonds. The van der Waals surface area contributed by atoms with Gasteiger partial charge in [0.25, 0.3) is 5.91 Å². The topological polar surface area (TPSA) is 122 Å². The predicted octanol–water partition coefficient (Wildman–Crippen LogP) is 6.19. The van der Waals surface area contributed by atoms with Crippen molar-refractivity contribution in [2.24, 2.45) is 16.6 Å². The quantitative estimate of drug-likeness (QED) is 0.339. The SMILES string of the molecule is NC(=C1CCC(NC(=O)C2CCC2)CC1=NC(=O)c1c(Cl)cccc1C1(C(F)(F)F)CC1)c1ccc(C(=O)O)cc1F. The van der Waals surface area contributed by atoms with Crippen molar-refractivity contribution in [3.8, 4) is 0 Å². The molecule has 3 aliphatic rings. The number of carbonyl (C=O) groups excluding carboxylic acids is 2. The maximum absolute atomic E-state index is 14.9. The van der Waals surface area contributed by atoms with Crippen LogP contribution in [0.3, 0.4) is 0 Å². The average Bonchev–Trinajstić information content (AvgIpc) is 3.69. The van der Waals surface area contributed by atoms with Crippen LogP contribution >= 0.6 is 11.6 Å². The highest BCUT2D eigenvalue weighted by atomic mass is 35.5. The van der Waals surface area contributed by atoms with Gasteiger partial charge in [0.1, 0.15) is 5.82 Å². The summed E-state index contributed by atoms with van der Waals surface area (Å²) in [6.07, 6.45) is -1.87. The summed E-state index contributed by atoms with van der Waals surface area (Å²) >= 11 is 6.29. The van der Waals surface area contributed by atoms with Crippen LogP contribution < -0.4 is 11.1 Å². The maximum Gasteiger partial charge on any atom is 0.398 e. The van der Waals surface area contributed by atoms with Crippen LogP contribution in [0.2, 0.25) is 5.02 Å². The molecule has 1 atom stereocenters. The van der Waals surface area contributed by atoms with E-state index in [9.17, 15) is 37.1 Å². The number of amides is 2. The molecule has 12 heteroatoms. The second-order valence-corrected chi connectivity index (χ2v) is 11.5. The van der Waals surface area contributed by atoms with Crippen LogP contribution in [0.4, 0.5) is 17.6 Å². The Morgan fingerprint density at radius 1 is 1.10 bits per heavy atom. The highest BCUT2D eigenvalue weighted by molar-refractivity contribution is 6.34. The number of halogens is 5. The number of allylic oxidation sites excluding steroid dienone is 1. The van der Waals surface area contributed by atoms with Gasteiger partial charge in [0, 0.05) is 29.6 Å². The van der Waals surface area contributed by atoms with Gasteiger partial charge in [-0.05, 0) is 73.9 Å². The number of hydrogen-bond acceptors (Lipinski definition) is 4. The van der Waals surface area contributed by atoms with E-state index in [1.165, 1.54) is 30.3 Å². The summed E-state index contributed by atoms with van der Waals surface area (Å²) in [5.41, 5.74) is 3.44. The molecule has 3 aliphatic carbocycles. The van der Waals surface area contributed by atoms with Crippen LogP contribution in [0.25, 0.3) is 5.70 Å². The van der Waals surface area contributed by atoms with Gasteiger partial charge < -0.3 is 16.2 Å². The number of aromatic carboxylic acids is 1. The lowest BCUT2D eigenvalue weighted by Gasteiger charge is -2.31. The molecule has 7 nitrogen and oxygen atoms in total. The fourth-order valence-electron chi connectivity index (χ4n) is 5.62. The maximum atomic E-state index is 14.9. The van der Waals surface area contributed by atoms with Gasteiger partial charge in [-0.2, -0.15) is 13.2 Å². The lowest BCUT2D eigenvalue weighted by atomic mass is 9.83. The minimum Gasteiger partial charge on any atom is -0.478 e. The smallest absolute Gasteiger partial charge is 0.398 e. The Morgan fingerprint density at radius 3 is 2.38 bits per heavy atom. The summed E-state index contributed by atoms with van der Waals surface area (Å²) in [4.78, 5) is 41.7. The number of alkyl halides is 3. The molecule has 0 bridgehead atoms. The Hall–Kier alpha value is -3.73. The number of nitrogens with zero attached hydrogens (tertiary/aromatic N) is 1. The number of rotatable bonds is 6. The van der Waals surface area contributed by atoms with Crippen molar-refractivity contribution < 1.29 is 37.1 Å². The first kappa shape index (κ1) is 29.8. The minimum absolute atomic E-state index is 0.0270.